The molecule has 0 spiro atoms. The van der Waals surface area contributed by atoms with Crippen molar-refractivity contribution in [1.82, 2.24) is 15.6 Å². The first-order valence-corrected chi connectivity index (χ1v) is 7.48. The van der Waals surface area contributed by atoms with Crippen LogP contribution in [0.3, 0.4) is 0 Å². The molecule has 2 aromatic heterocycles. The third-order valence-corrected chi connectivity index (χ3v) is 4.54. The Morgan fingerprint density at radius 2 is 2.30 bits per heavy atom. The molecule has 6 heteroatoms. The van der Waals surface area contributed by atoms with E-state index in [1.54, 1.807) is 0 Å². The van der Waals surface area contributed by atoms with E-state index in [0.29, 0.717) is 10.8 Å². The quantitative estimate of drug-likeness (QED) is 0.904. The van der Waals surface area contributed by atoms with Crippen LogP contribution in [0.15, 0.2) is 16.5 Å². The number of hydrogen-bond donors (Lipinski definition) is 2. The summed E-state index contributed by atoms with van der Waals surface area (Å²) in [6.45, 7) is 6.44. The van der Waals surface area contributed by atoms with Crippen molar-refractivity contribution in [2.24, 2.45) is 5.92 Å². The Morgan fingerprint density at radius 1 is 1.50 bits per heavy atom. The molecule has 0 saturated carbocycles. The summed E-state index contributed by atoms with van der Waals surface area (Å²) in [6, 6.07) is 3.78. The van der Waals surface area contributed by atoms with E-state index in [1.165, 1.54) is 11.3 Å². The molecular weight excluding hydrogens is 274 g/mol. The van der Waals surface area contributed by atoms with Gasteiger partial charge in [-0.2, -0.15) is 0 Å². The number of amides is 1. The molecule has 0 aromatic carbocycles. The Kier molecular flexibility index (Phi) is 3.58. The summed E-state index contributed by atoms with van der Waals surface area (Å²) in [5.41, 5.74) is 0.753. The van der Waals surface area contributed by atoms with Crippen LogP contribution in [0.2, 0.25) is 0 Å². The van der Waals surface area contributed by atoms with Gasteiger partial charge in [0.15, 0.2) is 10.8 Å². The van der Waals surface area contributed by atoms with E-state index in [1.807, 2.05) is 26.0 Å². The molecule has 3 rings (SSSR count). The number of aryl methyl sites for hydroxylation is 2. The number of carbonyl (C=O) groups is 1. The van der Waals surface area contributed by atoms with Crippen molar-refractivity contribution in [3.8, 4) is 10.8 Å². The molecule has 0 bridgehead atoms. The van der Waals surface area contributed by atoms with E-state index < -0.39 is 0 Å². The van der Waals surface area contributed by atoms with E-state index >= 15 is 0 Å². The van der Waals surface area contributed by atoms with Gasteiger partial charge >= 0.3 is 0 Å². The molecule has 1 saturated heterocycles. The predicted octanol–water partition coefficient (Wildman–Crippen LogP) is 1.97. The number of thiazole rings is 1. The van der Waals surface area contributed by atoms with Crippen molar-refractivity contribution in [2.45, 2.75) is 13.8 Å². The Hall–Kier alpha value is -1.66. The maximum Gasteiger partial charge on any atom is 0.263 e. The second-order valence-corrected chi connectivity index (χ2v) is 6.08. The molecule has 106 valence electrons. The number of nitrogens with one attached hydrogen (secondary N) is 2. The largest absolute Gasteiger partial charge is 0.459 e. The fraction of sp³-hybridized carbons (Fsp3) is 0.429. The van der Waals surface area contributed by atoms with Crippen LogP contribution < -0.4 is 10.6 Å². The van der Waals surface area contributed by atoms with E-state index in [0.717, 1.165) is 41.9 Å². The predicted molar refractivity (Wildman–Crippen MR) is 78.0 cm³/mol. The number of hydrogen-bond acceptors (Lipinski definition) is 5. The van der Waals surface area contributed by atoms with Gasteiger partial charge in [0, 0.05) is 25.6 Å². The van der Waals surface area contributed by atoms with Crippen LogP contribution in [0.25, 0.3) is 10.8 Å². The summed E-state index contributed by atoms with van der Waals surface area (Å²) in [4.78, 5) is 17.3. The zero-order valence-electron chi connectivity index (χ0n) is 11.5. The van der Waals surface area contributed by atoms with Crippen LogP contribution in [0.5, 0.6) is 0 Å². The fourth-order valence-electron chi connectivity index (χ4n) is 2.07. The van der Waals surface area contributed by atoms with Crippen molar-refractivity contribution < 1.29 is 9.21 Å². The lowest BCUT2D eigenvalue weighted by Gasteiger charge is -2.26. The summed E-state index contributed by atoms with van der Waals surface area (Å²) in [6.07, 6.45) is 0. The third kappa shape index (κ3) is 2.62. The molecule has 1 fully saturated rings. The van der Waals surface area contributed by atoms with E-state index in [-0.39, 0.29) is 5.91 Å². The van der Waals surface area contributed by atoms with Crippen molar-refractivity contribution in [3.05, 3.63) is 28.5 Å². The number of furan rings is 1. The van der Waals surface area contributed by atoms with Crippen LogP contribution in [0, 0.1) is 19.8 Å². The fourth-order valence-corrected chi connectivity index (χ4v) is 3.02. The van der Waals surface area contributed by atoms with Crippen LogP contribution in [-0.2, 0) is 0 Å². The molecule has 5 nitrogen and oxygen atoms in total. The van der Waals surface area contributed by atoms with Gasteiger partial charge in [0.1, 0.15) is 10.6 Å². The molecule has 1 aliphatic rings. The molecule has 0 radical (unpaired) electrons. The van der Waals surface area contributed by atoms with E-state index in [4.69, 9.17) is 4.42 Å². The highest BCUT2D eigenvalue weighted by molar-refractivity contribution is 7.17. The molecule has 1 amide bonds. The first-order chi connectivity index (χ1) is 9.63. The Bertz CT molecular complexity index is 628. The second kappa shape index (κ2) is 5.38. The van der Waals surface area contributed by atoms with Crippen LogP contribution in [-0.4, -0.2) is 30.5 Å². The number of aromatic nitrogens is 1. The first-order valence-electron chi connectivity index (χ1n) is 6.66. The third-order valence-electron chi connectivity index (χ3n) is 3.37. The van der Waals surface area contributed by atoms with Crippen molar-refractivity contribution >= 4 is 17.2 Å². The maximum absolute atomic E-state index is 12.2. The normalized spacial score (nSPS) is 15.1. The Balaban J connectivity index is 1.72. The molecule has 20 heavy (non-hydrogen) atoms. The molecular formula is C14H17N3O2S. The Labute approximate surface area is 121 Å². The van der Waals surface area contributed by atoms with Gasteiger partial charge in [-0.3, -0.25) is 4.79 Å². The zero-order chi connectivity index (χ0) is 14.1. The number of nitrogens with zero attached hydrogens (tertiary/aromatic N) is 1. The smallest absolute Gasteiger partial charge is 0.263 e. The first kappa shape index (κ1) is 13.3. The molecule has 0 atom stereocenters. The summed E-state index contributed by atoms with van der Waals surface area (Å²) in [7, 11) is 0. The lowest BCUT2D eigenvalue weighted by atomic mass is 10.0. The lowest BCUT2D eigenvalue weighted by Crippen LogP contribution is -2.48. The highest BCUT2D eigenvalue weighted by Gasteiger charge is 2.21. The van der Waals surface area contributed by atoms with Crippen LogP contribution >= 0.6 is 11.3 Å². The molecule has 1 aliphatic heterocycles. The SMILES string of the molecule is Cc1ccc(-c2nc(C)c(C(=O)NCC3CNC3)s2)o1. The van der Waals surface area contributed by atoms with E-state index in [2.05, 4.69) is 15.6 Å². The monoisotopic (exact) mass is 291 g/mol. The lowest BCUT2D eigenvalue weighted by molar-refractivity contribution is 0.0945. The summed E-state index contributed by atoms with van der Waals surface area (Å²) >= 11 is 1.38. The molecule has 0 unspecified atom stereocenters. The van der Waals surface area contributed by atoms with Gasteiger partial charge < -0.3 is 15.1 Å². The highest BCUT2D eigenvalue weighted by atomic mass is 32.1. The standard InChI is InChI=1S/C14H17N3O2S/c1-8-3-4-11(19-8)14-17-9(2)12(20-14)13(18)16-7-10-5-15-6-10/h3-4,10,15H,5-7H2,1-2H3,(H,16,18). The number of carbonyl (C=O) groups excluding carboxylic acids is 1. The van der Waals surface area contributed by atoms with Gasteiger partial charge in [-0.05, 0) is 26.0 Å². The summed E-state index contributed by atoms with van der Waals surface area (Å²) in [5.74, 6) is 2.08. The molecule has 3 heterocycles. The Morgan fingerprint density at radius 3 is 2.90 bits per heavy atom. The van der Waals surface area contributed by atoms with Gasteiger partial charge in [0.2, 0.25) is 0 Å². The van der Waals surface area contributed by atoms with Crippen LogP contribution in [0.1, 0.15) is 21.1 Å². The molecule has 0 aliphatic carbocycles. The topological polar surface area (TPSA) is 67.2 Å². The van der Waals surface area contributed by atoms with Crippen molar-refractivity contribution in [2.75, 3.05) is 19.6 Å². The van der Waals surface area contributed by atoms with Gasteiger partial charge in [0.05, 0.1) is 5.69 Å². The summed E-state index contributed by atoms with van der Waals surface area (Å²) < 4.78 is 5.55. The zero-order valence-corrected chi connectivity index (χ0v) is 12.3. The van der Waals surface area contributed by atoms with Gasteiger partial charge in [-0.25, -0.2) is 4.98 Å². The average molecular weight is 291 g/mol. The van der Waals surface area contributed by atoms with Crippen molar-refractivity contribution in [3.63, 3.8) is 0 Å². The number of rotatable bonds is 4. The minimum atomic E-state index is -0.0403. The maximum atomic E-state index is 12.2. The molecule has 2 N–H and O–H groups in total. The van der Waals surface area contributed by atoms with Gasteiger partial charge in [0.25, 0.3) is 5.91 Å². The summed E-state index contributed by atoms with van der Waals surface area (Å²) in [5, 5.41) is 6.92. The molecule has 2 aromatic rings. The average Bonchev–Trinajstić information content (AvgIpc) is 2.93. The minimum Gasteiger partial charge on any atom is -0.459 e. The van der Waals surface area contributed by atoms with Gasteiger partial charge in [-0.15, -0.1) is 11.3 Å². The second-order valence-electron chi connectivity index (χ2n) is 5.08. The van der Waals surface area contributed by atoms with Crippen LogP contribution in [0.4, 0.5) is 0 Å². The van der Waals surface area contributed by atoms with E-state index in [9.17, 15) is 4.79 Å². The van der Waals surface area contributed by atoms with Crippen molar-refractivity contribution in [1.29, 1.82) is 0 Å². The minimum absolute atomic E-state index is 0.0403. The van der Waals surface area contributed by atoms with Gasteiger partial charge in [-0.1, -0.05) is 0 Å². The highest BCUT2D eigenvalue weighted by Crippen LogP contribution is 2.29.